The van der Waals surface area contributed by atoms with Gasteiger partial charge < -0.3 is 15.1 Å². The molecule has 25 heavy (non-hydrogen) atoms. The first-order valence-electron chi connectivity index (χ1n) is 8.39. The zero-order valence-electron chi connectivity index (χ0n) is 14.7. The molecular formula is C16H26ClN4O2S2+. The Labute approximate surface area is 160 Å². The molecular weight excluding hydrogens is 380 g/mol. The van der Waals surface area contributed by atoms with Crippen LogP contribution in [-0.2, 0) is 10.0 Å². The third kappa shape index (κ3) is 5.52. The maximum Gasteiger partial charge on any atom is 0.244 e. The Morgan fingerprint density at radius 2 is 1.88 bits per heavy atom. The van der Waals surface area contributed by atoms with Crippen molar-refractivity contribution in [3.05, 3.63) is 29.3 Å². The average Bonchev–Trinajstić information content (AvgIpc) is 2.58. The highest BCUT2D eigenvalue weighted by molar-refractivity contribution is 7.89. The van der Waals surface area contributed by atoms with Crippen molar-refractivity contribution in [1.82, 2.24) is 14.5 Å². The van der Waals surface area contributed by atoms with Crippen LogP contribution in [0.2, 0.25) is 5.02 Å². The first-order valence-corrected chi connectivity index (χ1v) is 10.6. The fraction of sp³-hybridized carbons (Fsp3) is 0.562. The van der Waals surface area contributed by atoms with Crippen molar-refractivity contribution in [3.63, 3.8) is 0 Å². The molecule has 1 aliphatic heterocycles. The third-order valence-corrected chi connectivity index (χ3v) is 6.91. The topological polar surface area (TPSA) is 57.1 Å². The minimum atomic E-state index is -3.56. The summed E-state index contributed by atoms with van der Waals surface area (Å²) in [5.41, 5.74) is 0. The van der Waals surface area contributed by atoms with Gasteiger partial charge in [0.1, 0.15) is 4.90 Å². The van der Waals surface area contributed by atoms with E-state index in [4.69, 9.17) is 23.8 Å². The highest BCUT2D eigenvalue weighted by Crippen LogP contribution is 2.24. The van der Waals surface area contributed by atoms with Gasteiger partial charge in [0.15, 0.2) is 5.11 Å². The Morgan fingerprint density at radius 3 is 2.48 bits per heavy atom. The van der Waals surface area contributed by atoms with Gasteiger partial charge in [-0.25, -0.2) is 8.42 Å². The Morgan fingerprint density at radius 1 is 1.24 bits per heavy atom. The standard InChI is InChI=1S/C16H25ClN4O2S2/c1-19(2)9-5-8-18-16(24)20-10-12-21(13-11-20)25(22,23)15-7-4-3-6-14(15)17/h3-4,6-7H,5,8-13H2,1-2H3,(H,18,24)/p+1. The molecule has 2 rings (SSSR count). The fourth-order valence-corrected chi connectivity index (χ4v) is 4.87. The molecule has 1 fully saturated rings. The van der Waals surface area contributed by atoms with E-state index in [1.54, 1.807) is 24.3 Å². The molecule has 1 aliphatic rings. The summed E-state index contributed by atoms with van der Waals surface area (Å²) in [6, 6.07) is 6.55. The van der Waals surface area contributed by atoms with Crippen molar-refractivity contribution in [3.8, 4) is 0 Å². The van der Waals surface area contributed by atoms with Crippen LogP contribution in [0.15, 0.2) is 29.2 Å². The summed E-state index contributed by atoms with van der Waals surface area (Å²) in [6.45, 7) is 3.87. The summed E-state index contributed by atoms with van der Waals surface area (Å²) in [5, 5.41) is 4.21. The number of thiocarbonyl (C=S) groups is 1. The van der Waals surface area contributed by atoms with Crippen molar-refractivity contribution >= 4 is 39.0 Å². The smallest absolute Gasteiger partial charge is 0.244 e. The van der Waals surface area contributed by atoms with E-state index < -0.39 is 10.0 Å². The van der Waals surface area contributed by atoms with Crippen LogP contribution in [0.4, 0.5) is 0 Å². The molecule has 0 bridgehead atoms. The molecule has 0 radical (unpaired) electrons. The number of nitrogens with one attached hydrogen (secondary N) is 2. The summed E-state index contributed by atoms with van der Waals surface area (Å²) < 4.78 is 26.9. The molecule has 1 aromatic rings. The molecule has 0 aliphatic carbocycles. The van der Waals surface area contributed by atoms with Gasteiger partial charge in [0, 0.05) is 39.1 Å². The van der Waals surface area contributed by atoms with Crippen LogP contribution in [0.1, 0.15) is 6.42 Å². The Balaban J connectivity index is 1.87. The summed E-state index contributed by atoms with van der Waals surface area (Å²) in [5.74, 6) is 0. The van der Waals surface area contributed by atoms with E-state index in [-0.39, 0.29) is 9.92 Å². The lowest BCUT2D eigenvalue weighted by Crippen LogP contribution is -3.05. The lowest BCUT2D eigenvalue weighted by Gasteiger charge is -2.35. The number of rotatable bonds is 6. The van der Waals surface area contributed by atoms with E-state index in [2.05, 4.69) is 19.4 Å². The van der Waals surface area contributed by atoms with Gasteiger partial charge in [-0.2, -0.15) is 4.31 Å². The highest BCUT2D eigenvalue weighted by atomic mass is 35.5. The molecule has 1 heterocycles. The summed E-state index contributed by atoms with van der Waals surface area (Å²) in [4.78, 5) is 3.60. The zero-order valence-corrected chi connectivity index (χ0v) is 17.1. The minimum absolute atomic E-state index is 0.164. The molecule has 1 aromatic carbocycles. The molecule has 6 nitrogen and oxygen atoms in total. The molecule has 9 heteroatoms. The normalized spacial score (nSPS) is 16.2. The maximum atomic E-state index is 12.7. The van der Waals surface area contributed by atoms with Gasteiger partial charge in [-0.1, -0.05) is 23.7 Å². The second kappa shape index (κ2) is 9.14. The molecule has 2 N–H and O–H groups in total. The van der Waals surface area contributed by atoms with Crippen molar-refractivity contribution < 1.29 is 13.3 Å². The molecule has 0 unspecified atom stereocenters. The molecule has 0 amide bonds. The molecule has 0 aromatic heterocycles. The molecule has 1 saturated heterocycles. The van der Waals surface area contributed by atoms with Crippen LogP contribution in [0.3, 0.4) is 0 Å². The Kier molecular flexibility index (Phi) is 7.45. The highest BCUT2D eigenvalue weighted by Gasteiger charge is 2.30. The van der Waals surface area contributed by atoms with E-state index in [0.717, 1.165) is 19.5 Å². The molecule has 0 atom stereocenters. The summed E-state index contributed by atoms with van der Waals surface area (Å²) in [7, 11) is 0.680. The predicted molar refractivity (Wildman–Crippen MR) is 105 cm³/mol. The van der Waals surface area contributed by atoms with Crippen LogP contribution in [0.25, 0.3) is 0 Å². The second-order valence-corrected chi connectivity index (χ2v) is 9.06. The van der Waals surface area contributed by atoms with Gasteiger partial charge in [0.2, 0.25) is 10.0 Å². The first-order chi connectivity index (χ1) is 11.8. The number of halogens is 1. The second-order valence-electron chi connectivity index (χ2n) is 6.36. The lowest BCUT2D eigenvalue weighted by atomic mass is 10.4. The SMILES string of the molecule is C[NH+](C)CCCNC(=S)N1CCN(S(=O)(=O)c2ccccc2Cl)CC1. The largest absolute Gasteiger partial charge is 0.362 e. The molecule has 0 spiro atoms. The van der Waals surface area contributed by atoms with Crippen molar-refractivity contribution in [2.24, 2.45) is 0 Å². The number of benzene rings is 1. The third-order valence-electron chi connectivity index (χ3n) is 4.11. The Bertz CT molecular complexity index is 689. The van der Waals surface area contributed by atoms with Crippen LogP contribution in [0, 0.1) is 0 Å². The number of piperazine rings is 1. The van der Waals surface area contributed by atoms with Crippen LogP contribution >= 0.6 is 23.8 Å². The van der Waals surface area contributed by atoms with E-state index >= 15 is 0 Å². The van der Waals surface area contributed by atoms with Gasteiger partial charge in [-0.15, -0.1) is 0 Å². The minimum Gasteiger partial charge on any atom is -0.362 e. The maximum absolute atomic E-state index is 12.7. The van der Waals surface area contributed by atoms with Crippen molar-refractivity contribution in [2.75, 3.05) is 53.4 Å². The number of hydrogen-bond acceptors (Lipinski definition) is 3. The van der Waals surface area contributed by atoms with Crippen LogP contribution < -0.4 is 10.2 Å². The Hall–Kier alpha value is -0.930. The number of sulfonamides is 1. The first kappa shape index (κ1) is 20.4. The van der Waals surface area contributed by atoms with E-state index in [1.807, 2.05) is 4.90 Å². The monoisotopic (exact) mass is 405 g/mol. The van der Waals surface area contributed by atoms with Gasteiger partial charge in [0.05, 0.1) is 25.7 Å². The molecule has 0 saturated carbocycles. The number of quaternary nitrogens is 1. The van der Waals surface area contributed by atoms with E-state index in [1.165, 1.54) is 9.21 Å². The average molecular weight is 406 g/mol. The van der Waals surface area contributed by atoms with Gasteiger partial charge in [-0.05, 0) is 24.4 Å². The number of hydrogen-bond donors (Lipinski definition) is 2. The predicted octanol–water partition coefficient (Wildman–Crippen LogP) is 0.0554. The lowest BCUT2D eigenvalue weighted by molar-refractivity contribution is -0.858. The van der Waals surface area contributed by atoms with Gasteiger partial charge in [0.25, 0.3) is 0 Å². The van der Waals surface area contributed by atoms with E-state index in [9.17, 15) is 8.42 Å². The van der Waals surface area contributed by atoms with Crippen molar-refractivity contribution in [2.45, 2.75) is 11.3 Å². The van der Waals surface area contributed by atoms with Gasteiger partial charge >= 0.3 is 0 Å². The quantitative estimate of drug-likeness (QED) is 0.517. The van der Waals surface area contributed by atoms with Crippen molar-refractivity contribution in [1.29, 1.82) is 0 Å². The number of nitrogens with zero attached hydrogens (tertiary/aromatic N) is 2. The fourth-order valence-electron chi connectivity index (χ4n) is 2.67. The zero-order chi connectivity index (χ0) is 18.4. The summed E-state index contributed by atoms with van der Waals surface area (Å²) >= 11 is 11.5. The van der Waals surface area contributed by atoms with Crippen LogP contribution in [-0.4, -0.2) is 76.1 Å². The van der Waals surface area contributed by atoms with E-state index in [0.29, 0.717) is 31.3 Å². The molecule has 140 valence electrons. The van der Waals surface area contributed by atoms with Crippen LogP contribution in [0.5, 0.6) is 0 Å². The van der Waals surface area contributed by atoms with Gasteiger partial charge in [-0.3, -0.25) is 0 Å². The summed E-state index contributed by atoms with van der Waals surface area (Å²) in [6.07, 6.45) is 1.04.